The predicted molar refractivity (Wildman–Crippen MR) is 77.6 cm³/mol. The number of rotatable bonds is 5. The van der Waals surface area contributed by atoms with Crippen molar-refractivity contribution in [2.45, 2.75) is 13.2 Å². The van der Waals surface area contributed by atoms with Gasteiger partial charge in [0.2, 0.25) is 0 Å². The largest absolute Gasteiger partial charge is 0.486 e. The number of hydrogen-bond donors (Lipinski definition) is 1. The number of nitrogens with one attached hydrogen (secondary N) is 1. The van der Waals surface area contributed by atoms with Crippen LogP contribution >= 0.6 is 15.9 Å². The van der Waals surface area contributed by atoms with Gasteiger partial charge in [0, 0.05) is 16.6 Å². The van der Waals surface area contributed by atoms with Gasteiger partial charge in [-0.3, -0.25) is 0 Å². The molecule has 1 N–H and O–H groups in total. The van der Waals surface area contributed by atoms with E-state index in [-0.39, 0.29) is 18.2 Å². The zero-order valence-electron chi connectivity index (χ0n) is 10.9. The lowest BCUT2D eigenvalue weighted by Gasteiger charge is -2.10. The number of hydrogen-bond acceptors (Lipinski definition) is 2. The topological polar surface area (TPSA) is 21.3 Å². The van der Waals surface area contributed by atoms with E-state index < -0.39 is 5.82 Å². The molecule has 106 valence electrons. The molecule has 0 radical (unpaired) electrons. The highest BCUT2D eigenvalue weighted by Crippen LogP contribution is 2.23. The van der Waals surface area contributed by atoms with Gasteiger partial charge in [0.05, 0.1) is 0 Å². The molecule has 5 heteroatoms. The zero-order chi connectivity index (χ0) is 14.5. The number of ether oxygens (including phenoxy) is 1. The smallest absolute Gasteiger partial charge is 0.165 e. The van der Waals surface area contributed by atoms with E-state index in [0.29, 0.717) is 11.0 Å². The maximum absolute atomic E-state index is 13.8. The summed E-state index contributed by atoms with van der Waals surface area (Å²) in [6.07, 6.45) is 0. The summed E-state index contributed by atoms with van der Waals surface area (Å²) in [4.78, 5) is 0. The van der Waals surface area contributed by atoms with Crippen molar-refractivity contribution in [3.8, 4) is 5.75 Å². The van der Waals surface area contributed by atoms with Crippen LogP contribution in [0.4, 0.5) is 8.78 Å². The highest BCUT2D eigenvalue weighted by Gasteiger charge is 2.07. The molecular weight excluding hydrogens is 328 g/mol. The van der Waals surface area contributed by atoms with Crippen molar-refractivity contribution in [3.63, 3.8) is 0 Å². The van der Waals surface area contributed by atoms with Crippen LogP contribution in [-0.4, -0.2) is 7.05 Å². The van der Waals surface area contributed by atoms with Crippen LogP contribution in [0.3, 0.4) is 0 Å². The third kappa shape index (κ3) is 3.77. The van der Waals surface area contributed by atoms with Crippen molar-refractivity contribution >= 4 is 15.9 Å². The van der Waals surface area contributed by atoms with Gasteiger partial charge in [0.15, 0.2) is 11.6 Å². The minimum absolute atomic E-state index is 0.170. The second-order valence-electron chi connectivity index (χ2n) is 4.32. The minimum Gasteiger partial charge on any atom is -0.486 e. The van der Waals surface area contributed by atoms with E-state index in [9.17, 15) is 8.78 Å². The van der Waals surface area contributed by atoms with E-state index in [1.807, 2.05) is 0 Å². The van der Waals surface area contributed by atoms with Crippen LogP contribution in [0.2, 0.25) is 0 Å². The quantitative estimate of drug-likeness (QED) is 0.886. The van der Waals surface area contributed by atoms with Crippen LogP contribution in [0.15, 0.2) is 40.9 Å². The fraction of sp³-hybridized carbons (Fsp3) is 0.200. The van der Waals surface area contributed by atoms with E-state index in [1.165, 1.54) is 18.2 Å². The Bertz CT molecular complexity index is 604. The van der Waals surface area contributed by atoms with Crippen molar-refractivity contribution in [1.29, 1.82) is 0 Å². The fourth-order valence-electron chi connectivity index (χ4n) is 1.77. The summed E-state index contributed by atoms with van der Waals surface area (Å²) >= 11 is 3.25. The van der Waals surface area contributed by atoms with Crippen molar-refractivity contribution < 1.29 is 13.5 Å². The van der Waals surface area contributed by atoms with Gasteiger partial charge >= 0.3 is 0 Å². The highest BCUT2D eigenvalue weighted by molar-refractivity contribution is 9.10. The monoisotopic (exact) mass is 341 g/mol. The van der Waals surface area contributed by atoms with Gasteiger partial charge in [0.25, 0.3) is 0 Å². The lowest BCUT2D eigenvalue weighted by atomic mass is 10.2. The van der Waals surface area contributed by atoms with Crippen molar-refractivity contribution in [3.05, 3.63) is 63.6 Å². The SMILES string of the molecule is CNCc1ccc(OCc2ccc(F)cc2Br)c(F)c1. The molecule has 0 heterocycles. The molecule has 0 bridgehead atoms. The molecule has 2 aromatic carbocycles. The van der Waals surface area contributed by atoms with Crippen LogP contribution in [0.25, 0.3) is 0 Å². The first-order valence-corrected chi connectivity index (χ1v) is 6.89. The van der Waals surface area contributed by atoms with E-state index in [4.69, 9.17) is 4.74 Å². The molecule has 0 aliphatic rings. The van der Waals surface area contributed by atoms with E-state index in [0.717, 1.165) is 11.1 Å². The Morgan fingerprint density at radius 3 is 2.60 bits per heavy atom. The molecule has 2 rings (SSSR count). The Labute approximate surface area is 124 Å². The first-order chi connectivity index (χ1) is 9.60. The first-order valence-electron chi connectivity index (χ1n) is 6.10. The molecule has 0 saturated carbocycles. The standard InChI is InChI=1S/C15H14BrF2NO/c1-19-8-10-2-5-15(14(18)6-10)20-9-11-3-4-12(17)7-13(11)16/h2-7,19H,8-9H2,1H3. The third-order valence-electron chi connectivity index (χ3n) is 2.78. The molecule has 0 atom stereocenters. The van der Waals surface area contributed by atoms with E-state index in [2.05, 4.69) is 21.2 Å². The van der Waals surface area contributed by atoms with Gasteiger partial charge in [-0.15, -0.1) is 0 Å². The Kier molecular flexibility index (Phi) is 5.09. The summed E-state index contributed by atoms with van der Waals surface area (Å²) in [5, 5.41) is 2.95. The van der Waals surface area contributed by atoms with Crippen LogP contribution in [0, 0.1) is 11.6 Å². The van der Waals surface area contributed by atoms with Crippen molar-refractivity contribution in [1.82, 2.24) is 5.32 Å². The normalized spacial score (nSPS) is 10.6. The predicted octanol–water partition coefficient (Wildman–Crippen LogP) is 4.03. The molecule has 0 aromatic heterocycles. The summed E-state index contributed by atoms with van der Waals surface area (Å²) in [6, 6.07) is 9.13. The van der Waals surface area contributed by atoms with Gasteiger partial charge in [-0.05, 0) is 36.9 Å². The summed E-state index contributed by atoms with van der Waals surface area (Å²) in [6.45, 7) is 0.768. The fourth-order valence-corrected chi connectivity index (χ4v) is 2.24. The Morgan fingerprint density at radius 1 is 1.15 bits per heavy atom. The molecule has 2 aromatic rings. The molecule has 0 saturated heterocycles. The number of benzene rings is 2. The highest BCUT2D eigenvalue weighted by atomic mass is 79.9. The summed E-state index contributed by atoms with van der Waals surface area (Å²) < 4.78 is 32.8. The number of halogens is 3. The molecule has 0 aliphatic carbocycles. The van der Waals surface area contributed by atoms with Crippen LogP contribution < -0.4 is 10.1 Å². The Morgan fingerprint density at radius 2 is 1.95 bits per heavy atom. The molecule has 0 unspecified atom stereocenters. The average molecular weight is 342 g/mol. The lowest BCUT2D eigenvalue weighted by molar-refractivity contribution is 0.289. The maximum atomic E-state index is 13.8. The first kappa shape index (κ1) is 14.9. The maximum Gasteiger partial charge on any atom is 0.165 e. The molecule has 20 heavy (non-hydrogen) atoms. The van der Waals surface area contributed by atoms with E-state index in [1.54, 1.807) is 25.2 Å². The van der Waals surface area contributed by atoms with Gasteiger partial charge in [0.1, 0.15) is 12.4 Å². The van der Waals surface area contributed by atoms with Gasteiger partial charge < -0.3 is 10.1 Å². The molecular formula is C15H14BrF2NO. The van der Waals surface area contributed by atoms with Crippen LogP contribution in [-0.2, 0) is 13.2 Å². The zero-order valence-corrected chi connectivity index (χ0v) is 12.5. The molecule has 0 aliphatic heterocycles. The molecule has 2 nitrogen and oxygen atoms in total. The summed E-state index contributed by atoms with van der Waals surface area (Å²) in [7, 11) is 1.80. The third-order valence-corrected chi connectivity index (χ3v) is 3.51. The van der Waals surface area contributed by atoms with Crippen molar-refractivity contribution in [2.24, 2.45) is 0 Å². The summed E-state index contributed by atoms with van der Waals surface area (Å²) in [5.74, 6) is -0.555. The molecule has 0 amide bonds. The Balaban J connectivity index is 2.07. The van der Waals surface area contributed by atoms with Crippen molar-refractivity contribution in [2.75, 3.05) is 7.05 Å². The molecule has 0 spiro atoms. The van der Waals surface area contributed by atoms with Gasteiger partial charge in [-0.25, -0.2) is 8.78 Å². The van der Waals surface area contributed by atoms with E-state index >= 15 is 0 Å². The molecule has 0 fully saturated rings. The van der Waals surface area contributed by atoms with Crippen LogP contribution in [0.1, 0.15) is 11.1 Å². The van der Waals surface area contributed by atoms with Crippen LogP contribution in [0.5, 0.6) is 5.75 Å². The second-order valence-corrected chi connectivity index (χ2v) is 5.17. The lowest BCUT2D eigenvalue weighted by Crippen LogP contribution is -2.06. The Hall–Kier alpha value is -1.46. The van der Waals surface area contributed by atoms with Gasteiger partial charge in [-0.2, -0.15) is 0 Å². The average Bonchev–Trinajstić information content (AvgIpc) is 2.40. The van der Waals surface area contributed by atoms with Gasteiger partial charge in [-0.1, -0.05) is 28.1 Å². The minimum atomic E-state index is -0.406. The second kappa shape index (κ2) is 6.81. The summed E-state index contributed by atoms with van der Waals surface area (Å²) in [5.41, 5.74) is 1.60.